The predicted molar refractivity (Wildman–Crippen MR) is 84.6 cm³/mol. The van der Waals surface area contributed by atoms with Gasteiger partial charge in [0.2, 0.25) is 10.0 Å². The number of hydrogen-bond donors (Lipinski definition) is 1. The lowest BCUT2D eigenvalue weighted by molar-refractivity contribution is 0.0696. The van der Waals surface area contributed by atoms with E-state index in [-0.39, 0.29) is 10.5 Å². The van der Waals surface area contributed by atoms with E-state index in [9.17, 15) is 13.2 Å². The van der Waals surface area contributed by atoms with E-state index in [1.165, 1.54) is 16.6 Å². The average Bonchev–Trinajstić information content (AvgIpc) is 3.10. The third kappa shape index (κ3) is 3.11. The molecule has 0 radical (unpaired) electrons. The minimum absolute atomic E-state index is 0.113. The van der Waals surface area contributed by atoms with Crippen molar-refractivity contribution < 1.29 is 18.3 Å². The smallest absolute Gasteiger partial charge is 0.337 e. The highest BCUT2D eigenvalue weighted by molar-refractivity contribution is 7.89. The summed E-state index contributed by atoms with van der Waals surface area (Å²) in [7, 11) is -3.42. The molecule has 1 aromatic heterocycles. The minimum atomic E-state index is -3.42. The quantitative estimate of drug-likeness (QED) is 0.927. The van der Waals surface area contributed by atoms with Gasteiger partial charge in [-0.15, -0.1) is 0 Å². The molecule has 0 atom stereocenters. The highest BCUT2D eigenvalue weighted by atomic mass is 32.2. The van der Waals surface area contributed by atoms with Crippen molar-refractivity contribution in [2.24, 2.45) is 0 Å². The van der Waals surface area contributed by atoms with Crippen LogP contribution in [0.4, 0.5) is 0 Å². The molecule has 1 aliphatic rings. The van der Waals surface area contributed by atoms with Crippen molar-refractivity contribution in [1.29, 1.82) is 0 Å². The van der Waals surface area contributed by atoms with Gasteiger partial charge in [-0.1, -0.05) is 12.1 Å². The monoisotopic (exact) mass is 332 g/mol. The molecule has 1 aromatic carbocycles. The number of pyridine rings is 1. The van der Waals surface area contributed by atoms with Crippen LogP contribution < -0.4 is 0 Å². The van der Waals surface area contributed by atoms with Crippen LogP contribution in [0.25, 0.3) is 11.3 Å². The Bertz CT molecular complexity index is 808. The Morgan fingerprint density at radius 3 is 2.22 bits per heavy atom. The van der Waals surface area contributed by atoms with Crippen LogP contribution in [0.2, 0.25) is 0 Å². The second-order valence-corrected chi connectivity index (χ2v) is 7.31. The second kappa shape index (κ2) is 6.10. The lowest BCUT2D eigenvalue weighted by Crippen LogP contribution is -2.27. The molecule has 2 aromatic rings. The van der Waals surface area contributed by atoms with Crippen molar-refractivity contribution in [3.8, 4) is 11.3 Å². The number of carbonyl (C=O) groups is 1. The Hall–Kier alpha value is -2.25. The van der Waals surface area contributed by atoms with Gasteiger partial charge in [0.05, 0.1) is 16.2 Å². The molecule has 0 unspecified atom stereocenters. The first kappa shape index (κ1) is 15.6. The Labute approximate surface area is 134 Å². The van der Waals surface area contributed by atoms with Crippen LogP contribution in [-0.4, -0.2) is 41.9 Å². The molecule has 2 heterocycles. The van der Waals surface area contributed by atoms with E-state index in [0.717, 1.165) is 18.4 Å². The number of sulfonamides is 1. The molecule has 23 heavy (non-hydrogen) atoms. The molecule has 1 aliphatic heterocycles. The number of aromatic nitrogens is 1. The van der Waals surface area contributed by atoms with Crippen LogP contribution in [0.1, 0.15) is 23.2 Å². The maximum Gasteiger partial charge on any atom is 0.337 e. The maximum absolute atomic E-state index is 12.4. The molecule has 0 spiro atoms. The summed E-state index contributed by atoms with van der Waals surface area (Å²) < 4.78 is 26.4. The van der Waals surface area contributed by atoms with Crippen LogP contribution in [-0.2, 0) is 10.0 Å². The molecule has 0 bridgehead atoms. The van der Waals surface area contributed by atoms with Crippen LogP contribution in [0.3, 0.4) is 0 Å². The van der Waals surface area contributed by atoms with E-state index >= 15 is 0 Å². The summed E-state index contributed by atoms with van der Waals surface area (Å²) in [5, 5.41) is 8.86. The van der Waals surface area contributed by atoms with E-state index in [0.29, 0.717) is 18.8 Å². The molecule has 6 nitrogen and oxygen atoms in total. The topological polar surface area (TPSA) is 87.6 Å². The first-order chi connectivity index (χ1) is 11.0. The number of carboxylic acids is 1. The fourth-order valence-corrected chi connectivity index (χ4v) is 4.08. The van der Waals surface area contributed by atoms with Crippen LogP contribution >= 0.6 is 0 Å². The molecule has 1 N–H and O–H groups in total. The van der Waals surface area contributed by atoms with Gasteiger partial charge in [0.1, 0.15) is 0 Å². The minimum Gasteiger partial charge on any atom is -0.478 e. The maximum atomic E-state index is 12.4. The summed E-state index contributed by atoms with van der Waals surface area (Å²) in [6.45, 7) is 1.14. The number of nitrogens with zero attached hydrogens (tertiary/aromatic N) is 2. The van der Waals surface area contributed by atoms with Gasteiger partial charge >= 0.3 is 5.97 Å². The van der Waals surface area contributed by atoms with Gasteiger partial charge in [0.25, 0.3) is 0 Å². The Morgan fingerprint density at radius 1 is 1.04 bits per heavy atom. The molecule has 0 saturated carbocycles. The van der Waals surface area contributed by atoms with Gasteiger partial charge in [-0.3, -0.25) is 4.98 Å². The molecule has 0 amide bonds. The van der Waals surface area contributed by atoms with E-state index < -0.39 is 16.0 Å². The molecule has 1 saturated heterocycles. The summed E-state index contributed by atoms with van der Waals surface area (Å²) >= 11 is 0. The molecule has 3 rings (SSSR count). The number of benzene rings is 1. The summed E-state index contributed by atoms with van der Waals surface area (Å²) in [6, 6.07) is 9.58. The summed E-state index contributed by atoms with van der Waals surface area (Å²) in [5.41, 5.74) is 1.45. The fourth-order valence-electron chi connectivity index (χ4n) is 2.57. The van der Waals surface area contributed by atoms with Crippen molar-refractivity contribution in [2.45, 2.75) is 17.7 Å². The van der Waals surface area contributed by atoms with Crippen molar-refractivity contribution in [1.82, 2.24) is 9.29 Å². The van der Waals surface area contributed by atoms with Crippen LogP contribution in [0.5, 0.6) is 0 Å². The first-order valence-corrected chi connectivity index (χ1v) is 8.72. The second-order valence-electron chi connectivity index (χ2n) is 5.37. The highest BCUT2D eigenvalue weighted by Gasteiger charge is 2.26. The van der Waals surface area contributed by atoms with Gasteiger partial charge in [-0.2, -0.15) is 4.31 Å². The van der Waals surface area contributed by atoms with Crippen molar-refractivity contribution in [3.05, 3.63) is 48.2 Å². The van der Waals surface area contributed by atoms with E-state index in [1.54, 1.807) is 30.3 Å². The number of aromatic carboxylic acids is 1. The Morgan fingerprint density at radius 2 is 1.70 bits per heavy atom. The van der Waals surface area contributed by atoms with E-state index in [2.05, 4.69) is 4.98 Å². The van der Waals surface area contributed by atoms with E-state index in [1.807, 2.05) is 0 Å². The summed E-state index contributed by atoms with van der Waals surface area (Å²) in [6.07, 6.45) is 3.08. The van der Waals surface area contributed by atoms with Gasteiger partial charge in [0, 0.05) is 24.8 Å². The van der Waals surface area contributed by atoms with Gasteiger partial charge in [-0.25, -0.2) is 13.2 Å². The first-order valence-electron chi connectivity index (χ1n) is 7.28. The van der Waals surface area contributed by atoms with Gasteiger partial charge in [-0.05, 0) is 37.1 Å². The zero-order chi connectivity index (χ0) is 16.4. The SMILES string of the molecule is O=C(O)c1ccc(-c2ccc(S(=O)(=O)N3CCCC3)cc2)nc1. The summed E-state index contributed by atoms with van der Waals surface area (Å²) in [4.78, 5) is 15.2. The molecule has 7 heteroatoms. The highest BCUT2D eigenvalue weighted by Crippen LogP contribution is 2.24. The zero-order valence-electron chi connectivity index (χ0n) is 12.3. The lowest BCUT2D eigenvalue weighted by atomic mass is 10.1. The van der Waals surface area contributed by atoms with Crippen molar-refractivity contribution >= 4 is 16.0 Å². The Balaban J connectivity index is 1.85. The standard InChI is InChI=1S/C16H16N2O4S/c19-16(20)13-5-8-15(17-11-13)12-3-6-14(7-4-12)23(21,22)18-9-1-2-10-18/h3-8,11H,1-2,9-10H2,(H,19,20). The number of rotatable bonds is 4. The van der Waals surface area contributed by atoms with E-state index in [4.69, 9.17) is 5.11 Å². The fraction of sp³-hybridized carbons (Fsp3) is 0.250. The third-order valence-corrected chi connectivity index (χ3v) is 5.78. The number of hydrogen-bond acceptors (Lipinski definition) is 4. The normalized spacial score (nSPS) is 15.7. The molecular weight excluding hydrogens is 316 g/mol. The van der Waals surface area contributed by atoms with Gasteiger partial charge < -0.3 is 5.11 Å². The molecular formula is C16H16N2O4S. The van der Waals surface area contributed by atoms with Crippen molar-refractivity contribution in [2.75, 3.05) is 13.1 Å². The molecule has 1 fully saturated rings. The lowest BCUT2D eigenvalue weighted by Gasteiger charge is -2.15. The largest absolute Gasteiger partial charge is 0.478 e. The average molecular weight is 332 g/mol. The Kier molecular flexibility index (Phi) is 4.14. The summed E-state index contributed by atoms with van der Waals surface area (Å²) in [5.74, 6) is -1.03. The third-order valence-electron chi connectivity index (χ3n) is 3.86. The zero-order valence-corrected chi connectivity index (χ0v) is 13.2. The number of carboxylic acid groups (broad SMARTS) is 1. The van der Waals surface area contributed by atoms with Crippen molar-refractivity contribution in [3.63, 3.8) is 0 Å². The van der Waals surface area contributed by atoms with Gasteiger partial charge in [0.15, 0.2) is 0 Å². The van der Waals surface area contributed by atoms with Crippen LogP contribution in [0, 0.1) is 0 Å². The molecule has 120 valence electrons. The predicted octanol–water partition coefficient (Wildman–Crippen LogP) is 2.23. The van der Waals surface area contributed by atoms with Crippen LogP contribution in [0.15, 0.2) is 47.5 Å². The molecule has 0 aliphatic carbocycles.